The maximum absolute atomic E-state index is 11.9. The molecule has 0 spiro atoms. The molecule has 2 rings (SSSR count). The fourth-order valence-corrected chi connectivity index (χ4v) is 2.54. The number of benzene rings is 1. The second-order valence-corrected chi connectivity index (χ2v) is 5.61. The van der Waals surface area contributed by atoms with Crippen molar-refractivity contribution in [1.29, 1.82) is 0 Å². The van der Waals surface area contributed by atoms with Gasteiger partial charge in [0.25, 0.3) is 0 Å². The maximum atomic E-state index is 11.9. The van der Waals surface area contributed by atoms with Gasteiger partial charge in [0.1, 0.15) is 0 Å². The fourth-order valence-electron chi connectivity index (χ4n) is 2.54. The Morgan fingerprint density at radius 2 is 2.19 bits per heavy atom. The summed E-state index contributed by atoms with van der Waals surface area (Å²) < 4.78 is 0. The normalized spacial score (nSPS) is 18.5. The van der Waals surface area contributed by atoms with E-state index in [0.29, 0.717) is 18.2 Å². The number of nitrogens with zero attached hydrogens (tertiary/aromatic N) is 1. The zero-order valence-corrected chi connectivity index (χ0v) is 12.3. The number of hydrogen-bond acceptors (Lipinski definition) is 3. The Morgan fingerprint density at radius 1 is 1.43 bits per heavy atom. The van der Waals surface area contributed by atoms with Gasteiger partial charge in [-0.2, -0.15) is 0 Å². The molecule has 3 N–H and O–H groups in total. The minimum atomic E-state index is -1.05. The first-order valence-corrected chi connectivity index (χ1v) is 7.03. The van der Waals surface area contributed by atoms with Crippen molar-refractivity contribution in [3.05, 3.63) is 29.3 Å². The smallest absolute Gasteiger partial charge is 0.337 e. The van der Waals surface area contributed by atoms with Crippen molar-refractivity contribution >= 4 is 17.7 Å². The Balaban J connectivity index is 1.92. The van der Waals surface area contributed by atoms with Crippen molar-refractivity contribution in [2.24, 2.45) is 5.92 Å². The quantitative estimate of drug-likeness (QED) is 0.789. The van der Waals surface area contributed by atoms with E-state index >= 15 is 0 Å². The third kappa shape index (κ3) is 4.19. The first-order chi connectivity index (χ1) is 9.95. The highest BCUT2D eigenvalue weighted by Gasteiger charge is 2.20. The number of rotatable bonds is 4. The lowest BCUT2D eigenvalue weighted by Crippen LogP contribution is -2.34. The van der Waals surface area contributed by atoms with Gasteiger partial charge >= 0.3 is 12.0 Å². The van der Waals surface area contributed by atoms with Gasteiger partial charge in [-0.3, -0.25) is 0 Å². The molecule has 1 aliphatic heterocycles. The number of anilines is 1. The predicted octanol–water partition coefficient (Wildman–Crippen LogP) is 1.77. The van der Waals surface area contributed by atoms with Crippen LogP contribution >= 0.6 is 0 Å². The lowest BCUT2D eigenvalue weighted by atomic mass is 10.1. The molecule has 1 atom stereocenters. The molecule has 0 bridgehead atoms. The molecular weight excluding hydrogens is 270 g/mol. The molecule has 0 aliphatic carbocycles. The summed E-state index contributed by atoms with van der Waals surface area (Å²) in [6, 6.07) is 4.57. The van der Waals surface area contributed by atoms with Crippen LogP contribution in [-0.4, -0.2) is 48.7 Å². The van der Waals surface area contributed by atoms with Gasteiger partial charge in [0, 0.05) is 13.1 Å². The number of carbonyl (C=O) groups is 2. The van der Waals surface area contributed by atoms with E-state index in [0.717, 1.165) is 25.1 Å². The van der Waals surface area contributed by atoms with E-state index in [-0.39, 0.29) is 11.6 Å². The van der Waals surface area contributed by atoms with Gasteiger partial charge in [-0.05, 0) is 45.0 Å². The number of carboxylic acids is 1. The van der Waals surface area contributed by atoms with Crippen molar-refractivity contribution < 1.29 is 14.7 Å². The van der Waals surface area contributed by atoms with Gasteiger partial charge in [-0.15, -0.1) is 0 Å². The number of nitrogens with one attached hydrogen (secondary N) is 2. The molecule has 114 valence electrons. The van der Waals surface area contributed by atoms with E-state index < -0.39 is 5.97 Å². The number of carboxylic acid groups (broad SMARTS) is 1. The molecule has 2 amide bonds. The third-order valence-electron chi connectivity index (χ3n) is 3.69. The van der Waals surface area contributed by atoms with Crippen molar-refractivity contribution in [3.63, 3.8) is 0 Å². The Labute approximate surface area is 124 Å². The monoisotopic (exact) mass is 291 g/mol. The molecule has 1 aromatic rings. The molecule has 1 saturated heterocycles. The van der Waals surface area contributed by atoms with E-state index in [2.05, 4.69) is 22.6 Å². The van der Waals surface area contributed by atoms with Gasteiger partial charge in [0.05, 0.1) is 11.3 Å². The van der Waals surface area contributed by atoms with Gasteiger partial charge in [0.2, 0.25) is 0 Å². The molecule has 0 saturated carbocycles. The number of likely N-dealkylation sites (tertiary alicyclic amines) is 1. The Kier molecular flexibility index (Phi) is 4.80. The van der Waals surface area contributed by atoms with Crippen molar-refractivity contribution in [3.8, 4) is 0 Å². The molecule has 1 unspecified atom stereocenters. The second-order valence-electron chi connectivity index (χ2n) is 5.61. The number of urea groups is 1. The van der Waals surface area contributed by atoms with Crippen LogP contribution in [0.2, 0.25) is 0 Å². The van der Waals surface area contributed by atoms with Gasteiger partial charge in [0.15, 0.2) is 0 Å². The Bertz CT molecular complexity index is 545. The van der Waals surface area contributed by atoms with Crippen molar-refractivity contribution in [2.45, 2.75) is 13.3 Å². The summed E-state index contributed by atoms with van der Waals surface area (Å²) in [5.41, 5.74) is 1.26. The summed E-state index contributed by atoms with van der Waals surface area (Å²) in [4.78, 5) is 25.3. The maximum Gasteiger partial charge on any atom is 0.337 e. The van der Waals surface area contributed by atoms with E-state index in [1.807, 2.05) is 6.92 Å². The van der Waals surface area contributed by atoms with Crippen LogP contribution in [0.5, 0.6) is 0 Å². The molecule has 6 nitrogen and oxygen atoms in total. The van der Waals surface area contributed by atoms with Crippen LogP contribution in [0.3, 0.4) is 0 Å². The summed E-state index contributed by atoms with van der Waals surface area (Å²) in [6.07, 6.45) is 1.07. The van der Waals surface area contributed by atoms with E-state index in [4.69, 9.17) is 5.11 Å². The largest absolute Gasteiger partial charge is 0.478 e. The number of aromatic carboxylic acids is 1. The lowest BCUT2D eigenvalue weighted by Gasteiger charge is -2.13. The molecule has 0 radical (unpaired) electrons. The predicted molar refractivity (Wildman–Crippen MR) is 80.8 cm³/mol. The Hall–Kier alpha value is -2.08. The lowest BCUT2D eigenvalue weighted by molar-refractivity contribution is 0.0698. The standard InChI is InChI=1S/C15H21N3O3/c1-10-3-4-13(12(7-10)14(19)20)17-15(21)16-8-11-5-6-18(2)9-11/h3-4,7,11H,5-6,8-9H2,1-2H3,(H,19,20)(H2,16,17,21). The van der Waals surface area contributed by atoms with Crippen LogP contribution in [0.25, 0.3) is 0 Å². The number of aryl methyl sites for hydroxylation is 1. The zero-order valence-electron chi connectivity index (χ0n) is 12.3. The van der Waals surface area contributed by atoms with Crippen LogP contribution in [0, 0.1) is 12.8 Å². The summed E-state index contributed by atoms with van der Waals surface area (Å²) in [7, 11) is 2.06. The molecule has 21 heavy (non-hydrogen) atoms. The molecule has 1 heterocycles. The first kappa shape index (κ1) is 15.3. The summed E-state index contributed by atoms with van der Waals surface area (Å²) in [5, 5.41) is 14.6. The van der Waals surface area contributed by atoms with Crippen molar-refractivity contribution in [2.75, 3.05) is 32.0 Å². The highest BCUT2D eigenvalue weighted by molar-refractivity contribution is 6.00. The summed E-state index contributed by atoms with van der Waals surface area (Å²) in [6.45, 7) is 4.44. The van der Waals surface area contributed by atoms with Crippen LogP contribution in [0.15, 0.2) is 18.2 Å². The SMILES string of the molecule is Cc1ccc(NC(=O)NCC2CCN(C)C2)c(C(=O)O)c1. The van der Waals surface area contributed by atoms with Crippen LogP contribution in [0.4, 0.5) is 10.5 Å². The van der Waals surface area contributed by atoms with E-state index in [9.17, 15) is 9.59 Å². The molecule has 6 heteroatoms. The average molecular weight is 291 g/mol. The van der Waals surface area contributed by atoms with Gasteiger partial charge < -0.3 is 20.6 Å². The highest BCUT2D eigenvalue weighted by atomic mass is 16.4. The zero-order chi connectivity index (χ0) is 15.4. The fraction of sp³-hybridized carbons (Fsp3) is 0.467. The van der Waals surface area contributed by atoms with Gasteiger partial charge in [-0.1, -0.05) is 11.6 Å². The van der Waals surface area contributed by atoms with Crippen LogP contribution < -0.4 is 10.6 Å². The molecule has 1 aliphatic rings. The highest BCUT2D eigenvalue weighted by Crippen LogP contribution is 2.17. The molecule has 1 fully saturated rings. The van der Waals surface area contributed by atoms with Crippen LogP contribution in [0.1, 0.15) is 22.3 Å². The number of amides is 2. The molecule has 1 aromatic carbocycles. The van der Waals surface area contributed by atoms with Crippen molar-refractivity contribution in [1.82, 2.24) is 10.2 Å². The molecular formula is C15H21N3O3. The van der Waals surface area contributed by atoms with E-state index in [1.165, 1.54) is 0 Å². The Morgan fingerprint density at radius 3 is 2.81 bits per heavy atom. The number of carbonyl (C=O) groups excluding carboxylic acids is 1. The minimum Gasteiger partial charge on any atom is -0.478 e. The first-order valence-electron chi connectivity index (χ1n) is 7.03. The summed E-state index contributed by atoms with van der Waals surface area (Å²) >= 11 is 0. The third-order valence-corrected chi connectivity index (χ3v) is 3.69. The minimum absolute atomic E-state index is 0.103. The second kappa shape index (κ2) is 6.58. The number of hydrogen-bond donors (Lipinski definition) is 3. The van der Waals surface area contributed by atoms with Crippen LogP contribution in [-0.2, 0) is 0 Å². The topological polar surface area (TPSA) is 81.7 Å². The van der Waals surface area contributed by atoms with E-state index in [1.54, 1.807) is 18.2 Å². The summed E-state index contributed by atoms with van der Waals surface area (Å²) in [5.74, 6) is -0.593. The van der Waals surface area contributed by atoms with Gasteiger partial charge in [-0.25, -0.2) is 9.59 Å². The average Bonchev–Trinajstić information content (AvgIpc) is 2.84. The molecule has 0 aromatic heterocycles.